The van der Waals surface area contributed by atoms with Gasteiger partial charge in [-0.2, -0.15) is 18.3 Å². The van der Waals surface area contributed by atoms with E-state index >= 15 is 0 Å². The van der Waals surface area contributed by atoms with Crippen LogP contribution >= 0.6 is 11.6 Å². The molecule has 1 amide bonds. The van der Waals surface area contributed by atoms with E-state index < -0.39 is 44.8 Å². The van der Waals surface area contributed by atoms with Crippen LogP contribution in [-0.4, -0.2) is 32.5 Å². The van der Waals surface area contributed by atoms with Crippen LogP contribution < -0.4 is 14.8 Å². The molecule has 0 saturated heterocycles. The number of hydrogen-bond donors (Lipinski definition) is 1. The van der Waals surface area contributed by atoms with Gasteiger partial charge in [-0.1, -0.05) is 41.9 Å². The third kappa shape index (κ3) is 5.67. The number of aromatic nitrogens is 3. The number of para-hydroxylation sites is 1. The van der Waals surface area contributed by atoms with E-state index in [1.54, 1.807) is 43.3 Å². The molecule has 0 fully saturated rings. The molecule has 0 aliphatic rings. The monoisotopic (exact) mass is 597 g/mol. The van der Waals surface area contributed by atoms with Gasteiger partial charge >= 0.3 is 6.18 Å². The number of ether oxygens (including phenoxy) is 2. The van der Waals surface area contributed by atoms with Crippen molar-refractivity contribution in [1.29, 1.82) is 0 Å². The fraction of sp³-hybridized carbons (Fsp3) is 0.107. The summed E-state index contributed by atoms with van der Waals surface area (Å²) in [5.41, 5.74) is -1.72. The van der Waals surface area contributed by atoms with Gasteiger partial charge in [0.1, 0.15) is 22.3 Å². The van der Waals surface area contributed by atoms with Crippen molar-refractivity contribution < 1.29 is 32.4 Å². The maximum Gasteiger partial charge on any atom is 0.433 e. The number of rotatable bonds is 7. The Morgan fingerprint density at radius 1 is 1.05 bits per heavy atom. The van der Waals surface area contributed by atoms with Gasteiger partial charge in [0, 0.05) is 17.7 Å². The van der Waals surface area contributed by atoms with Crippen LogP contribution in [0.15, 0.2) is 72.8 Å². The molecule has 14 heteroatoms. The zero-order chi connectivity index (χ0) is 30.2. The van der Waals surface area contributed by atoms with Crippen LogP contribution in [0.1, 0.15) is 21.7 Å². The SMILES string of the molecule is COc1cccc(-c2cc(C(F)(F)F)n3nc(C(=O)Nc4cc(Oc5ccccc5C)cc([N+](=O)[O-])c4)c(Cl)c3n2)c1. The molecule has 2 heterocycles. The Balaban J connectivity index is 1.55. The number of halogens is 4. The molecule has 0 aliphatic carbocycles. The zero-order valence-electron chi connectivity index (χ0n) is 21.8. The molecule has 1 N–H and O–H groups in total. The van der Waals surface area contributed by atoms with E-state index in [1.165, 1.54) is 31.4 Å². The van der Waals surface area contributed by atoms with Gasteiger partial charge in [0.2, 0.25) is 0 Å². The Kier molecular flexibility index (Phi) is 7.44. The fourth-order valence-corrected chi connectivity index (χ4v) is 4.32. The summed E-state index contributed by atoms with van der Waals surface area (Å²) in [7, 11) is 1.41. The number of fused-ring (bicyclic) bond motifs is 1. The van der Waals surface area contributed by atoms with Gasteiger partial charge in [-0.3, -0.25) is 14.9 Å². The lowest BCUT2D eigenvalue weighted by atomic mass is 10.1. The van der Waals surface area contributed by atoms with Gasteiger partial charge in [-0.25, -0.2) is 9.50 Å². The lowest BCUT2D eigenvalue weighted by molar-refractivity contribution is -0.384. The number of methoxy groups -OCH3 is 1. The topological polar surface area (TPSA) is 121 Å². The van der Waals surface area contributed by atoms with Crippen molar-refractivity contribution in [3.05, 3.63) is 105 Å². The number of carbonyl (C=O) groups is 1. The second-order valence-corrected chi connectivity index (χ2v) is 9.33. The van der Waals surface area contributed by atoms with Crippen molar-refractivity contribution in [3.8, 4) is 28.5 Å². The summed E-state index contributed by atoms with van der Waals surface area (Å²) >= 11 is 6.36. The summed E-state index contributed by atoms with van der Waals surface area (Å²) in [6, 6.07) is 17.5. The molecule has 0 aliphatic heterocycles. The van der Waals surface area contributed by atoms with E-state index in [0.717, 1.165) is 17.7 Å². The molecule has 5 aromatic rings. The molecule has 0 radical (unpaired) electrons. The number of nitrogens with one attached hydrogen (secondary N) is 1. The van der Waals surface area contributed by atoms with E-state index in [0.29, 0.717) is 21.6 Å². The van der Waals surface area contributed by atoms with Gasteiger partial charge in [-0.15, -0.1) is 0 Å². The Bertz CT molecular complexity index is 1860. The van der Waals surface area contributed by atoms with Crippen molar-refractivity contribution in [2.24, 2.45) is 0 Å². The number of nitrogens with zero attached hydrogens (tertiary/aromatic N) is 4. The average Bonchev–Trinajstić information content (AvgIpc) is 3.29. The minimum absolute atomic E-state index is 0.0406. The molecular formula is C28H19ClF3N5O5. The van der Waals surface area contributed by atoms with Crippen LogP contribution in [0.3, 0.4) is 0 Å². The van der Waals surface area contributed by atoms with Gasteiger partial charge < -0.3 is 14.8 Å². The maximum atomic E-state index is 14.1. The first kappa shape index (κ1) is 28.4. The van der Waals surface area contributed by atoms with Crippen LogP contribution in [0.2, 0.25) is 5.02 Å². The highest BCUT2D eigenvalue weighted by Crippen LogP contribution is 2.36. The van der Waals surface area contributed by atoms with Gasteiger partial charge in [0.25, 0.3) is 11.6 Å². The minimum atomic E-state index is -4.89. The number of anilines is 1. The largest absolute Gasteiger partial charge is 0.497 e. The lowest BCUT2D eigenvalue weighted by Gasteiger charge is -2.11. The predicted octanol–water partition coefficient (Wildman–Crippen LogP) is 7.34. The van der Waals surface area contributed by atoms with Crippen LogP contribution in [0.4, 0.5) is 24.5 Å². The highest BCUT2D eigenvalue weighted by Gasteiger charge is 2.37. The van der Waals surface area contributed by atoms with Crippen molar-refractivity contribution >= 4 is 34.5 Å². The second kappa shape index (κ2) is 11.0. The summed E-state index contributed by atoms with van der Waals surface area (Å²) in [6.45, 7) is 1.78. The predicted molar refractivity (Wildman–Crippen MR) is 147 cm³/mol. The first-order valence-electron chi connectivity index (χ1n) is 12.1. The molecule has 0 atom stereocenters. The molecule has 3 aromatic carbocycles. The molecule has 2 aromatic heterocycles. The van der Waals surface area contributed by atoms with Gasteiger partial charge in [-0.05, 0) is 36.8 Å². The number of non-ortho nitro benzene ring substituents is 1. The lowest BCUT2D eigenvalue weighted by Crippen LogP contribution is -2.16. The molecule has 0 saturated carbocycles. The van der Waals surface area contributed by atoms with Crippen molar-refractivity contribution in [2.45, 2.75) is 13.1 Å². The molecule has 0 spiro atoms. The summed E-state index contributed by atoms with van der Waals surface area (Å²) < 4.78 is 53.6. The number of amides is 1. The Morgan fingerprint density at radius 3 is 2.50 bits per heavy atom. The number of nitro groups is 1. The normalized spacial score (nSPS) is 11.4. The first-order valence-corrected chi connectivity index (χ1v) is 12.5. The Morgan fingerprint density at radius 2 is 1.81 bits per heavy atom. The number of nitro benzene ring substituents is 1. The number of aryl methyl sites for hydroxylation is 1. The highest BCUT2D eigenvalue weighted by molar-refractivity contribution is 6.37. The van der Waals surface area contributed by atoms with E-state index in [2.05, 4.69) is 15.4 Å². The highest BCUT2D eigenvalue weighted by atomic mass is 35.5. The van der Waals surface area contributed by atoms with Gasteiger partial charge in [0.05, 0.1) is 29.5 Å². The summed E-state index contributed by atoms with van der Waals surface area (Å²) in [4.78, 5) is 28.3. The van der Waals surface area contributed by atoms with E-state index in [-0.39, 0.29) is 17.1 Å². The van der Waals surface area contributed by atoms with Crippen LogP contribution in [-0.2, 0) is 6.18 Å². The van der Waals surface area contributed by atoms with Gasteiger partial charge in [0.15, 0.2) is 17.0 Å². The maximum absolute atomic E-state index is 14.1. The molecule has 0 unspecified atom stereocenters. The van der Waals surface area contributed by atoms with Crippen molar-refractivity contribution in [3.63, 3.8) is 0 Å². The smallest absolute Gasteiger partial charge is 0.433 e. The Labute approximate surface area is 240 Å². The summed E-state index contributed by atoms with van der Waals surface area (Å²) in [6.07, 6.45) is -4.89. The number of carbonyl (C=O) groups excluding carboxylic acids is 1. The average molecular weight is 598 g/mol. The van der Waals surface area contributed by atoms with Crippen molar-refractivity contribution in [2.75, 3.05) is 12.4 Å². The number of hydrogen-bond acceptors (Lipinski definition) is 7. The molecule has 10 nitrogen and oxygen atoms in total. The molecular weight excluding hydrogens is 579 g/mol. The van der Waals surface area contributed by atoms with Crippen LogP contribution in [0.25, 0.3) is 16.9 Å². The fourth-order valence-electron chi connectivity index (χ4n) is 4.08. The summed E-state index contributed by atoms with van der Waals surface area (Å²) in [5.74, 6) is -0.163. The summed E-state index contributed by atoms with van der Waals surface area (Å²) in [5, 5.41) is 17.3. The van der Waals surface area contributed by atoms with E-state index in [1.807, 2.05) is 0 Å². The van der Waals surface area contributed by atoms with E-state index in [4.69, 9.17) is 21.1 Å². The van der Waals surface area contributed by atoms with Crippen LogP contribution in [0.5, 0.6) is 17.2 Å². The van der Waals surface area contributed by atoms with Crippen LogP contribution in [0, 0.1) is 17.0 Å². The zero-order valence-corrected chi connectivity index (χ0v) is 22.5. The number of benzene rings is 3. The first-order chi connectivity index (χ1) is 19.9. The molecule has 5 rings (SSSR count). The third-order valence-electron chi connectivity index (χ3n) is 6.09. The quantitative estimate of drug-likeness (QED) is 0.154. The minimum Gasteiger partial charge on any atom is -0.497 e. The third-order valence-corrected chi connectivity index (χ3v) is 6.43. The van der Waals surface area contributed by atoms with Crippen molar-refractivity contribution in [1.82, 2.24) is 14.6 Å². The van der Waals surface area contributed by atoms with E-state index in [9.17, 15) is 28.1 Å². The molecule has 0 bridgehead atoms. The second-order valence-electron chi connectivity index (χ2n) is 8.95. The molecule has 214 valence electrons. The standard InChI is InChI=1S/C28H19ClF3N5O5/c1-15-6-3-4-9-22(15)42-20-12-17(11-18(13-20)37(39)40)33-27(38)25-24(29)26-34-21(16-7-5-8-19(10-16)41-2)14-23(28(30,31)32)36(26)35-25/h3-14H,1-2H3,(H,33,38). The molecule has 42 heavy (non-hydrogen) atoms. The number of alkyl halides is 3. The Hall–Kier alpha value is -5.17.